The highest BCUT2D eigenvalue weighted by atomic mass is 16.5. The number of carbonyl (C=O) groups is 1. The van der Waals surface area contributed by atoms with Crippen molar-refractivity contribution in [3.63, 3.8) is 0 Å². The lowest BCUT2D eigenvalue weighted by Crippen LogP contribution is -2.22. The van der Waals surface area contributed by atoms with Crippen molar-refractivity contribution >= 4 is 5.91 Å². The van der Waals surface area contributed by atoms with Crippen LogP contribution >= 0.6 is 0 Å². The number of furan rings is 1. The van der Waals surface area contributed by atoms with Gasteiger partial charge >= 0.3 is 0 Å². The molecule has 0 aliphatic rings. The van der Waals surface area contributed by atoms with Gasteiger partial charge in [-0.1, -0.05) is 13.8 Å². The van der Waals surface area contributed by atoms with E-state index in [2.05, 4.69) is 19.2 Å². The number of benzene rings is 1. The van der Waals surface area contributed by atoms with Crippen LogP contribution in [0, 0.1) is 5.92 Å². The zero-order chi connectivity index (χ0) is 16.7. The fourth-order valence-corrected chi connectivity index (χ4v) is 2.02. The van der Waals surface area contributed by atoms with E-state index in [0.29, 0.717) is 41.9 Å². The van der Waals surface area contributed by atoms with Gasteiger partial charge in [0.1, 0.15) is 5.76 Å². The molecule has 1 N–H and O–H groups in total. The topological polar surface area (TPSA) is 60.7 Å². The molecule has 0 bridgehead atoms. The first kappa shape index (κ1) is 16.9. The molecule has 124 valence electrons. The molecule has 2 rings (SSSR count). The van der Waals surface area contributed by atoms with Gasteiger partial charge in [0.25, 0.3) is 5.91 Å². The lowest BCUT2D eigenvalue weighted by atomic mass is 10.1. The second kappa shape index (κ2) is 8.27. The highest BCUT2D eigenvalue weighted by Gasteiger charge is 2.11. The highest BCUT2D eigenvalue weighted by molar-refractivity contribution is 5.94. The van der Waals surface area contributed by atoms with Gasteiger partial charge in [0.2, 0.25) is 0 Å². The number of carbonyl (C=O) groups excluding carboxylic acids is 1. The number of hydrogen-bond donors (Lipinski definition) is 1. The van der Waals surface area contributed by atoms with E-state index in [1.54, 1.807) is 37.6 Å². The maximum absolute atomic E-state index is 12.2. The molecule has 0 atom stereocenters. The van der Waals surface area contributed by atoms with Gasteiger partial charge < -0.3 is 19.2 Å². The van der Waals surface area contributed by atoms with Crippen LogP contribution in [0.1, 0.15) is 36.4 Å². The lowest BCUT2D eigenvalue weighted by molar-refractivity contribution is 0.0947. The summed E-state index contributed by atoms with van der Waals surface area (Å²) in [5.74, 6) is 2.30. The molecule has 5 nitrogen and oxygen atoms in total. The zero-order valence-corrected chi connectivity index (χ0v) is 13.8. The van der Waals surface area contributed by atoms with Crippen LogP contribution in [0.5, 0.6) is 11.5 Å². The third kappa shape index (κ3) is 5.06. The Hall–Kier alpha value is -2.43. The fourth-order valence-electron chi connectivity index (χ4n) is 2.02. The Morgan fingerprint density at radius 1 is 1.26 bits per heavy atom. The smallest absolute Gasteiger partial charge is 0.251 e. The molecule has 2 aromatic rings. The van der Waals surface area contributed by atoms with Crippen molar-refractivity contribution in [1.82, 2.24) is 5.32 Å². The third-order valence-electron chi connectivity index (χ3n) is 3.38. The fraction of sp³-hybridized carbons (Fsp3) is 0.389. The average Bonchev–Trinajstić information content (AvgIpc) is 3.06. The van der Waals surface area contributed by atoms with E-state index in [1.807, 2.05) is 6.07 Å². The van der Waals surface area contributed by atoms with Gasteiger partial charge in [-0.15, -0.1) is 0 Å². The Labute approximate surface area is 136 Å². The summed E-state index contributed by atoms with van der Waals surface area (Å²) in [4.78, 5) is 12.2. The molecule has 0 aliphatic carbocycles. The number of hydrogen-bond acceptors (Lipinski definition) is 4. The zero-order valence-electron chi connectivity index (χ0n) is 13.8. The van der Waals surface area contributed by atoms with Crippen LogP contribution in [-0.4, -0.2) is 19.6 Å². The maximum atomic E-state index is 12.2. The van der Waals surface area contributed by atoms with Crippen LogP contribution < -0.4 is 14.8 Å². The monoisotopic (exact) mass is 317 g/mol. The van der Waals surface area contributed by atoms with Crippen LogP contribution in [0.15, 0.2) is 41.0 Å². The molecule has 0 saturated carbocycles. The molecule has 5 heteroatoms. The van der Waals surface area contributed by atoms with Crippen LogP contribution in [0.25, 0.3) is 0 Å². The quantitative estimate of drug-likeness (QED) is 0.807. The Morgan fingerprint density at radius 2 is 2.09 bits per heavy atom. The molecular formula is C18H23NO4. The van der Waals surface area contributed by atoms with Crippen molar-refractivity contribution in [3.05, 3.63) is 47.9 Å². The van der Waals surface area contributed by atoms with Crippen molar-refractivity contribution < 1.29 is 18.7 Å². The minimum Gasteiger partial charge on any atom is -0.493 e. The minimum absolute atomic E-state index is 0.187. The number of methoxy groups -OCH3 is 1. The molecule has 1 heterocycles. The molecule has 1 amide bonds. The Balaban J connectivity index is 1.98. The average molecular weight is 317 g/mol. The first-order valence-electron chi connectivity index (χ1n) is 7.71. The third-order valence-corrected chi connectivity index (χ3v) is 3.38. The lowest BCUT2D eigenvalue weighted by Gasteiger charge is -2.13. The molecule has 0 spiro atoms. The summed E-state index contributed by atoms with van der Waals surface area (Å²) in [6.45, 7) is 5.26. The number of nitrogens with one attached hydrogen (secondary N) is 1. The van der Waals surface area contributed by atoms with Gasteiger partial charge in [-0.2, -0.15) is 0 Å². The Morgan fingerprint density at radius 3 is 2.74 bits per heavy atom. The predicted octanol–water partition coefficient (Wildman–Crippen LogP) is 3.64. The highest BCUT2D eigenvalue weighted by Crippen LogP contribution is 2.28. The maximum Gasteiger partial charge on any atom is 0.251 e. The number of rotatable bonds is 8. The van der Waals surface area contributed by atoms with Gasteiger partial charge in [-0.05, 0) is 42.7 Å². The summed E-state index contributed by atoms with van der Waals surface area (Å²) in [7, 11) is 1.56. The Kier molecular flexibility index (Phi) is 6.09. The molecule has 0 saturated heterocycles. The molecule has 23 heavy (non-hydrogen) atoms. The summed E-state index contributed by atoms with van der Waals surface area (Å²) in [6, 6.07) is 8.77. The van der Waals surface area contributed by atoms with Gasteiger partial charge in [-0.3, -0.25) is 4.79 Å². The molecule has 0 fully saturated rings. The minimum atomic E-state index is -0.187. The SMILES string of the molecule is COc1cc(C(=O)NCc2ccco2)ccc1OCCC(C)C. The molecule has 0 unspecified atom stereocenters. The Bertz CT molecular complexity index is 620. The number of ether oxygens (including phenoxy) is 2. The van der Waals surface area contributed by atoms with Gasteiger partial charge in [0.15, 0.2) is 11.5 Å². The van der Waals surface area contributed by atoms with E-state index in [0.717, 1.165) is 6.42 Å². The largest absolute Gasteiger partial charge is 0.493 e. The summed E-state index contributed by atoms with van der Waals surface area (Å²) in [6.07, 6.45) is 2.54. The van der Waals surface area contributed by atoms with Crippen molar-refractivity contribution in [3.8, 4) is 11.5 Å². The van der Waals surface area contributed by atoms with Crippen molar-refractivity contribution in [2.24, 2.45) is 5.92 Å². The first-order valence-corrected chi connectivity index (χ1v) is 7.71. The van der Waals surface area contributed by atoms with E-state index < -0.39 is 0 Å². The van der Waals surface area contributed by atoms with Crippen molar-refractivity contribution in [2.75, 3.05) is 13.7 Å². The summed E-state index contributed by atoms with van der Waals surface area (Å²) < 4.78 is 16.2. The molecule has 1 aromatic carbocycles. The molecule has 0 aliphatic heterocycles. The molecular weight excluding hydrogens is 294 g/mol. The summed E-state index contributed by atoms with van der Waals surface area (Å²) in [5, 5.41) is 2.80. The van der Waals surface area contributed by atoms with E-state index in [4.69, 9.17) is 13.9 Å². The summed E-state index contributed by atoms with van der Waals surface area (Å²) >= 11 is 0. The van der Waals surface area contributed by atoms with Crippen LogP contribution in [0.2, 0.25) is 0 Å². The van der Waals surface area contributed by atoms with E-state index in [9.17, 15) is 4.79 Å². The standard InChI is InChI=1S/C18H23NO4/c1-13(2)8-10-23-16-7-6-14(11-17(16)21-3)18(20)19-12-15-5-4-9-22-15/h4-7,9,11,13H,8,10,12H2,1-3H3,(H,19,20). The first-order chi connectivity index (χ1) is 11.1. The van der Waals surface area contributed by atoms with Crippen LogP contribution in [0.3, 0.4) is 0 Å². The predicted molar refractivity (Wildman–Crippen MR) is 87.8 cm³/mol. The van der Waals surface area contributed by atoms with Gasteiger partial charge in [0.05, 0.1) is 26.5 Å². The van der Waals surface area contributed by atoms with E-state index >= 15 is 0 Å². The van der Waals surface area contributed by atoms with Crippen LogP contribution in [-0.2, 0) is 6.54 Å². The van der Waals surface area contributed by atoms with Gasteiger partial charge in [0, 0.05) is 5.56 Å². The molecule has 1 aromatic heterocycles. The van der Waals surface area contributed by atoms with Crippen molar-refractivity contribution in [2.45, 2.75) is 26.8 Å². The van der Waals surface area contributed by atoms with E-state index in [-0.39, 0.29) is 5.91 Å². The second-order valence-corrected chi connectivity index (χ2v) is 5.66. The normalized spacial score (nSPS) is 10.6. The van der Waals surface area contributed by atoms with E-state index in [1.165, 1.54) is 0 Å². The van der Waals surface area contributed by atoms with Crippen LogP contribution in [0.4, 0.5) is 0 Å². The summed E-state index contributed by atoms with van der Waals surface area (Å²) in [5.41, 5.74) is 0.518. The van der Waals surface area contributed by atoms with Gasteiger partial charge in [-0.25, -0.2) is 0 Å². The molecule has 0 radical (unpaired) electrons. The van der Waals surface area contributed by atoms with Crippen molar-refractivity contribution in [1.29, 1.82) is 0 Å². The second-order valence-electron chi connectivity index (χ2n) is 5.66. The number of amides is 1.